The Morgan fingerprint density at radius 3 is 2.71 bits per heavy atom. The quantitative estimate of drug-likeness (QED) is 0.759. The van der Waals surface area contributed by atoms with Gasteiger partial charge in [0.1, 0.15) is 5.82 Å². The minimum absolute atomic E-state index is 0.0129. The highest BCUT2D eigenvalue weighted by Gasteiger charge is 2.30. The second-order valence-electron chi connectivity index (χ2n) is 5.99. The standard InChI is InChI=1S/C17H21ClN4OS/c1-3-22-16(13-4-5-13)20-21-17(22)24-10-15(23)19-11(2)12-6-8-14(18)9-7-12/h6-9,11,13H,3-5,10H2,1-2H3,(H,19,23). The fourth-order valence-corrected chi connectivity index (χ4v) is 3.54. The number of rotatable bonds is 7. The summed E-state index contributed by atoms with van der Waals surface area (Å²) in [7, 11) is 0. The summed E-state index contributed by atoms with van der Waals surface area (Å²) in [6.45, 7) is 4.89. The lowest BCUT2D eigenvalue weighted by atomic mass is 10.1. The molecule has 0 radical (unpaired) electrons. The van der Waals surface area contributed by atoms with Crippen LogP contribution in [0.1, 0.15) is 50.0 Å². The van der Waals surface area contributed by atoms with Crippen molar-refractivity contribution >= 4 is 29.3 Å². The molecule has 0 saturated heterocycles. The van der Waals surface area contributed by atoms with Crippen molar-refractivity contribution < 1.29 is 4.79 Å². The number of carbonyl (C=O) groups is 1. The van der Waals surface area contributed by atoms with Gasteiger partial charge in [0.25, 0.3) is 0 Å². The van der Waals surface area contributed by atoms with Crippen molar-refractivity contribution in [2.45, 2.75) is 50.4 Å². The lowest BCUT2D eigenvalue weighted by Crippen LogP contribution is -2.28. The van der Waals surface area contributed by atoms with Crippen molar-refractivity contribution in [2.24, 2.45) is 0 Å². The third kappa shape index (κ3) is 4.11. The smallest absolute Gasteiger partial charge is 0.230 e. The molecule has 24 heavy (non-hydrogen) atoms. The number of carbonyl (C=O) groups excluding carboxylic acids is 1. The Morgan fingerprint density at radius 1 is 1.38 bits per heavy atom. The second-order valence-corrected chi connectivity index (χ2v) is 7.37. The highest BCUT2D eigenvalue weighted by molar-refractivity contribution is 7.99. The average molecular weight is 365 g/mol. The minimum atomic E-state index is -0.0542. The molecule has 128 valence electrons. The van der Waals surface area contributed by atoms with Gasteiger partial charge in [-0.2, -0.15) is 0 Å². The Kier molecular flexibility index (Phi) is 5.46. The van der Waals surface area contributed by atoms with Gasteiger partial charge in [0, 0.05) is 17.5 Å². The number of thioether (sulfide) groups is 1. The monoisotopic (exact) mass is 364 g/mol. The summed E-state index contributed by atoms with van der Waals surface area (Å²) in [5.41, 5.74) is 1.03. The minimum Gasteiger partial charge on any atom is -0.349 e. The topological polar surface area (TPSA) is 59.8 Å². The summed E-state index contributed by atoms with van der Waals surface area (Å²) in [5, 5.41) is 13.1. The summed E-state index contributed by atoms with van der Waals surface area (Å²) in [5.74, 6) is 1.95. The molecule has 1 heterocycles. The van der Waals surface area contributed by atoms with Crippen LogP contribution in [0.5, 0.6) is 0 Å². The van der Waals surface area contributed by atoms with Crippen molar-refractivity contribution in [2.75, 3.05) is 5.75 Å². The van der Waals surface area contributed by atoms with E-state index in [1.807, 2.05) is 31.2 Å². The molecule has 3 rings (SSSR count). The number of nitrogens with one attached hydrogen (secondary N) is 1. The number of hydrogen-bond acceptors (Lipinski definition) is 4. The van der Waals surface area contributed by atoms with E-state index in [4.69, 9.17) is 11.6 Å². The van der Waals surface area contributed by atoms with Crippen LogP contribution in [0.3, 0.4) is 0 Å². The summed E-state index contributed by atoms with van der Waals surface area (Å²) >= 11 is 7.33. The first-order valence-electron chi connectivity index (χ1n) is 8.19. The predicted molar refractivity (Wildman–Crippen MR) is 96.4 cm³/mol. The zero-order chi connectivity index (χ0) is 17.1. The van der Waals surface area contributed by atoms with Crippen molar-refractivity contribution in [1.82, 2.24) is 20.1 Å². The van der Waals surface area contributed by atoms with Crippen LogP contribution < -0.4 is 5.32 Å². The number of hydrogen-bond donors (Lipinski definition) is 1. The molecule has 5 nitrogen and oxygen atoms in total. The molecule has 1 aliphatic rings. The van der Waals surface area contributed by atoms with Crippen LogP contribution in [0.4, 0.5) is 0 Å². The number of halogens is 1. The molecule has 0 bridgehead atoms. The largest absolute Gasteiger partial charge is 0.349 e. The van der Waals surface area contributed by atoms with Gasteiger partial charge in [-0.1, -0.05) is 35.5 Å². The van der Waals surface area contributed by atoms with E-state index >= 15 is 0 Å². The SMILES string of the molecule is CCn1c(SCC(=O)NC(C)c2ccc(Cl)cc2)nnc1C1CC1. The number of benzene rings is 1. The lowest BCUT2D eigenvalue weighted by molar-refractivity contribution is -0.119. The van der Waals surface area contributed by atoms with Crippen LogP contribution in [0.2, 0.25) is 5.02 Å². The molecule has 1 aliphatic carbocycles. The second kappa shape index (κ2) is 7.57. The first-order valence-corrected chi connectivity index (χ1v) is 9.55. The maximum Gasteiger partial charge on any atom is 0.230 e. The normalized spacial score (nSPS) is 15.3. The molecule has 7 heteroatoms. The van der Waals surface area contributed by atoms with E-state index in [0.717, 1.165) is 23.1 Å². The van der Waals surface area contributed by atoms with Gasteiger partial charge >= 0.3 is 0 Å². The number of aromatic nitrogens is 3. The Balaban J connectivity index is 1.54. The molecule has 0 spiro atoms. The maximum absolute atomic E-state index is 12.2. The van der Waals surface area contributed by atoms with E-state index in [0.29, 0.717) is 16.7 Å². The average Bonchev–Trinajstić information content (AvgIpc) is 3.33. The van der Waals surface area contributed by atoms with E-state index in [1.165, 1.54) is 24.6 Å². The van der Waals surface area contributed by atoms with Gasteiger partial charge in [-0.25, -0.2) is 0 Å². The Labute approximate surface area is 151 Å². The van der Waals surface area contributed by atoms with Gasteiger partial charge in [0.05, 0.1) is 11.8 Å². The Bertz CT molecular complexity index is 712. The fraction of sp³-hybridized carbons (Fsp3) is 0.471. The highest BCUT2D eigenvalue weighted by atomic mass is 35.5. The molecule has 1 aromatic heterocycles. The molecule has 0 aliphatic heterocycles. The third-order valence-electron chi connectivity index (χ3n) is 4.08. The summed E-state index contributed by atoms with van der Waals surface area (Å²) in [6, 6.07) is 7.46. The van der Waals surface area contributed by atoms with E-state index < -0.39 is 0 Å². The van der Waals surface area contributed by atoms with Gasteiger partial charge in [-0.15, -0.1) is 10.2 Å². The van der Waals surface area contributed by atoms with Crippen molar-refractivity contribution in [3.8, 4) is 0 Å². The first-order chi connectivity index (χ1) is 11.6. The molecule has 1 aromatic carbocycles. The fourth-order valence-electron chi connectivity index (χ4n) is 2.60. The third-order valence-corrected chi connectivity index (χ3v) is 5.30. The molecule has 1 unspecified atom stereocenters. The molecule has 1 N–H and O–H groups in total. The van der Waals surface area contributed by atoms with Gasteiger partial charge in [-0.3, -0.25) is 4.79 Å². The molecule has 1 saturated carbocycles. The molecule has 1 amide bonds. The summed E-state index contributed by atoms with van der Waals surface area (Å²) < 4.78 is 2.12. The summed E-state index contributed by atoms with van der Waals surface area (Å²) in [6.07, 6.45) is 2.39. The summed E-state index contributed by atoms with van der Waals surface area (Å²) in [4.78, 5) is 12.2. The Hall–Kier alpha value is -1.53. The number of nitrogens with zero attached hydrogens (tertiary/aromatic N) is 3. The van der Waals surface area contributed by atoms with Crippen LogP contribution in [0, 0.1) is 0 Å². The Morgan fingerprint density at radius 2 is 2.08 bits per heavy atom. The van der Waals surface area contributed by atoms with Crippen LogP contribution in [0.25, 0.3) is 0 Å². The highest BCUT2D eigenvalue weighted by Crippen LogP contribution is 2.39. The zero-order valence-electron chi connectivity index (χ0n) is 13.8. The first kappa shape index (κ1) is 17.3. The molecule has 1 fully saturated rings. The van der Waals surface area contributed by atoms with E-state index in [1.54, 1.807) is 0 Å². The van der Waals surface area contributed by atoms with Crippen LogP contribution in [-0.4, -0.2) is 26.4 Å². The van der Waals surface area contributed by atoms with Crippen molar-refractivity contribution in [3.63, 3.8) is 0 Å². The van der Waals surface area contributed by atoms with E-state index in [2.05, 4.69) is 27.0 Å². The molecule has 1 atom stereocenters. The van der Waals surface area contributed by atoms with Crippen LogP contribution in [0.15, 0.2) is 29.4 Å². The van der Waals surface area contributed by atoms with Crippen LogP contribution in [-0.2, 0) is 11.3 Å². The van der Waals surface area contributed by atoms with Crippen molar-refractivity contribution in [1.29, 1.82) is 0 Å². The molecule has 2 aromatic rings. The lowest BCUT2D eigenvalue weighted by Gasteiger charge is -2.14. The van der Waals surface area contributed by atoms with Gasteiger partial charge in [0.2, 0.25) is 5.91 Å². The van der Waals surface area contributed by atoms with Gasteiger partial charge < -0.3 is 9.88 Å². The predicted octanol–water partition coefficient (Wildman–Crippen LogP) is 3.80. The van der Waals surface area contributed by atoms with Crippen LogP contribution >= 0.6 is 23.4 Å². The van der Waals surface area contributed by atoms with Crippen molar-refractivity contribution in [3.05, 3.63) is 40.7 Å². The molecular weight excluding hydrogens is 344 g/mol. The van der Waals surface area contributed by atoms with E-state index in [9.17, 15) is 4.79 Å². The number of amides is 1. The van der Waals surface area contributed by atoms with Gasteiger partial charge in [-0.05, 0) is 44.4 Å². The van der Waals surface area contributed by atoms with Gasteiger partial charge in [0.15, 0.2) is 5.16 Å². The molecular formula is C17H21ClN4OS. The zero-order valence-corrected chi connectivity index (χ0v) is 15.4. The maximum atomic E-state index is 12.2. The van der Waals surface area contributed by atoms with E-state index in [-0.39, 0.29) is 11.9 Å².